The summed E-state index contributed by atoms with van der Waals surface area (Å²) in [5, 5.41) is 5.16. The van der Waals surface area contributed by atoms with Gasteiger partial charge in [0.25, 0.3) is 5.91 Å². The number of aromatic nitrogens is 2. The number of carbonyl (C=O) groups excluding carboxylic acids is 1. The van der Waals surface area contributed by atoms with Crippen molar-refractivity contribution in [2.45, 2.75) is 10.2 Å². The Bertz CT molecular complexity index is 1150. The summed E-state index contributed by atoms with van der Waals surface area (Å²) in [4.78, 5) is 20.6. The predicted octanol–water partition coefficient (Wildman–Crippen LogP) is 4.78. The predicted molar refractivity (Wildman–Crippen MR) is 113 cm³/mol. The molecule has 2 heterocycles. The summed E-state index contributed by atoms with van der Waals surface area (Å²) in [5.74, 6) is 1.40. The van der Waals surface area contributed by atoms with Crippen LogP contribution in [-0.2, 0) is 0 Å². The molecule has 0 bridgehead atoms. The number of hydrogen-bond acceptors (Lipinski definition) is 7. The number of benzene rings is 2. The zero-order valence-electron chi connectivity index (χ0n) is 15.6. The number of hydrazone groups is 1. The Kier molecular flexibility index (Phi) is 6.16. The van der Waals surface area contributed by atoms with Gasteiger partial charge in [-0.3, -0.25) is 4.79 Å². The lowest BCUT2D eigenvalue weighted by Crippen LogP contribution is -2.17. The first-order chi connectivity index (χ1) is 14.8. The molecule has 0 radical (unpaired) electrons. The summed E-state index contributed by atoms with van der Waals surface area (Å²) < 4.78 is 11.4. The van der Waals surface area contributed by atoms with E-state index in [4.69, 9.17) is 9.15 Å². The Labute approximate surface area is 176 Å². The average molecular weight is 416 g/mol. The van der Waals surface area contributed by atoms with Gasteiger partial charge in [0.2, 0.25) is 0 Å². The van der Waals surface area contributed by atoms with Crippen LogP contribution in [0.5, 0.6) is 11.5 Å². The SMILES string of the molecule is O=C(N/N=C/c1ccc(Sc2ncccn2)o1)c1cccc(Oc2ccccc2)c1. The van der Waals surface area contributed by atoms with E-state index < -0.39 is 0 Å². The molecule has 1 N–H and O–H groups in total. The van der Waals surface area contributed by atoms with E-state index in [1.54, 1.807) is 54.9 Å². The van der Waals surface area contributed by atoms with Gasteiger partial charge in [-0.15, -0.1) is 0 Å². The van der Waals surface area contributed by atoms with Crippen LogP contribution in [-0.4, -0.2) is 22.1 Å². The highest BCUT2D eigenvalue weighted by Crippen LogP contribution is 2.25. The maximum Gasteiger partial charge on any atom is 0.271 e. The molecule has 0 unspecified atom stereocenters. The third-order valence-electron chi connectivity index (χ3n) is 3.77. The number of nitrogens with zero attached hydrogens (tertiary/aromatic N) is 3. The molecule has 0 saturated carbocycles. The molecule has 0 aliphatic heterocycles. The largest absolute Gasteiger partial charge is 0.457 e. The third kappa shape index (κ3) is 5.33. The maximum absolute atomic E-state index is 12.4. The normalized spacial score (nSPS) is 10.8. The lowest BCUT2D eigenvalue weighted by Gasteiger charge is -2.06. The molecule has 0 fully saturated rings. The van der Waals surface area contributed by atoms with Gasteiger partial charge in [-0.05, 0) is 60.3 Å². The molecule has 30 heavy (non-hydrogen) atoms. The first-order valence-electron chi connectivity index (χ1n) is 8.97. The molecular formula is C22H16N4O3S. The van der Waals surface area contributed by atoms with Crippen LogP contribution in [0.3, 0.4) is 0 Å². The minimum absolute atomic E-state index is 0.358. The van der Waals surface area contributed by atoms with Crippen molar-refractivity contribution >= 4 is 23.9 Å². The summed E-state index contributed by atoms with van der Waals surface area (Å²) in [7, 11) is 0. The lowest BCUT2D eigenvalue weighted by molar-refractivity contribution is 0.0955. The standard InChI is InChI=1S/C22H16N4O3S/c27-21(16-6-4-9-18(14-16)28-17-7-2-1-3-8-17)26-25-15-19-10-11-20(29-19)30-22-23-12-5-13-24-22/h1-15H,(H,26,27)/b25-15+. The summed E-state index contributed by atoms with van der Waals surface area (Å²) in [6, 6.07) is 21.5. The van der Waals surface area contributed by atoms with Crippen LogP contribution in [0, 0.1) is 0 Å². The molecule has 0 atom stereocenters. The molecule has 4 aromatic rings. The van der Waals surface area contributed by atoms with Crippen LogP contribution in [0.4, 0.5) is 0 Å². The Morgan fingerprint density at radius 3 is 2.60 bits per heavy atom. The molecule has 0 aliphatic carbocycles. The van der Waals surface area contributed by atoms with Crippen molar-refractivity contribution < 1.29 is 13.9 Å². The van der Waals surface area contributed by atoms with Gasteiger partial charge in [0, 0.05) is 18.0 Å². The highest BCUT2D eigenvalue weighted by molar-refractivity contribution is 7.99. The first-order valence-corrected chi connectivity index (χ1v) is 9.79. The Balaban J connectivity index is 1.34. The van der Waals surface area contributed by atoms with Crippen LogP contribution in [0.1, 0.15) is 16.1 Å². The molecule has 1 amide bonds. The van der Waals surface area contributed by atoms with Crippen LogP contribution < -0.4 is 10.2 Å². The number of nitrogens with one attached hydrogen (secondary N) is 1. The summed E-state index contributed by atoms with van der Waals surface area (Å²) in [5.41, 5.74) is 2.91. The minimum atomic E-state index is -0.358. The van der Waals surface area contributed by atoms with Gasteiger partial charge < -0.3 is 9.15 Å². The second kappa shape index (κ2) is 9.53. The molecule has 2 aromatic heterocycles. The fourth-order valence-corrected chi connectivity index (χ4v) is 3.11. The summed E-state index contributed by atoms with van der Waals surface area (Å²) in [6.07, 6.45) is 4.75. The maximum atomic E-state index is 12.4. The molecule has 0 aliphatic rings. The Hall–Kier alpha value is -3.91. The molecule has 148 valence electrons. The van der Waals surface area contributed by atoms with Gasteiger partial charge in [-0.25, -0.2) is 15.4 Å². The number of ether oxygens (including phenoxy) is 1. The highest BCUT2D eigenvalue weighted by atomic mass is 32.2. The Morgan fingerprint density at radius 2 is 1.77 bits per heavy atom. The van der Waals surface area contributed by atoms with E-state index >= 15 is 0 Å². The van der Waals surface area contributed by atoms with Crippen molar-refractivity contribution in [1.29, 1.82) is 0 Å². The van der Waals surface area contributed by atoms with E-state index in [1.165, 1.54) is 18.0 Å². The molecular weight excluding hydrogens is 400 g/mol. The number of carbonyl (C=O) groups is 1. The van der Waals surface area contributed by atoms with E-state index in [0.29, 0.717) is 33.1 Å². The highest BCUT2D eigenvalue weighted by Gasteiger charge is 2.07. The first kappa shape index (κ1) is 19.4. The van der Waals surface area contributed by atoms with Gasteiger partial charge in [0.15, 0.2) is 10.2 Å². The van der Waals surface area contributed by atoms with E-state index in [2.05, 4.69) is 20.5 Å². The molecule has 7 nitrogen and oxygen atoms in total. The van der Waals surface area contributed by atoms with Crippen molar-refractivity contribution in [2.75, 3.05) is 0 Å². The zero-order chi connectivity index (χ0) is 20.6. The molecule has 2 aromatic carbocycles. The van der Waals surface area contributed by atoms with Crippen molar-refractivity contribution in [1.82, 2.24) is 15.4 Å². The van der Waals surface area contributed by atoms with Crippen LogP contribution >= 0.6 is 11.8 Å². The van der Waals surface area contributed by atoms with Crippen molar-refractivity contribution in [3.05, 3.63) is 96.5 Å². The zero-order valence-corrected chi connectivity index (χ0v) is 16.5. The number of hydrogen-bond donors (Lipinski definition) is 1. The number of amides is 1. The molecule has 8 heteroatoms. The lowest BCUT2D eigenvalue weighted by atomic mass is 10.2. The topological polar surface area (TPSA) is 89.6 Å². The summed E-state index contributed by atoms with van der Waals surface area (Å²) >= 11 is 1.30. The fourth-order valence-electron chi connectivity index (χ4n) is 2.43. The van der Waals surface area contributed by atoms with Crippen molar-refractivity contribution in [3.63, 3.8) is 0 Å². The molecule has 0 saturated heterocycles. The van der Waals surface area contributed by atoms with Gasteiger partial charge >= 0.3 is 0 Å². The second-order valence-corrected chi connectivity index (χ2v) is 6.90. The fraction of sp³-hybridized carbons (Fsp3) is 0. The minimum Gasteiger partial charge on any atom is -0.457 e. The quantitative estimate of drug-likeness (QED) is 0.265. The molecule has 4 rings (SSSR count). The van der Waals surface area contributed by atoms with Crippen LogP contribution in [0.2, 0.25) is 0 Å². The van der Waals surface area contributed by atoms with Crippen molar-refractivity contribution in [2.24, 2.45) is 5.10 Å². The number of furan rings is 1. The monoisotopic (exact) mass is 416 g/mol. The Morgan fingerprint density at radius 1 is 0.967 bits per heavy atom. The van der Waals surface area contributed by atoms with Gasteiger partial charge in [0.05, 0.1) is 6.21 Å². The average Bonchev–Trinajstić information content (AvgIpc) is 3.22. The van der Waals surface area contributed by atoms with E-state index in [9.17, 15) is 4.79 Å². The number of rotatable bonds is 7. The number of para-hydroxylation sites is 1. The van der Waals surface area contributed by atoms with E-state index in [0.717, 1.165) is 0 Å². The van der Waals surface area contributed by atoms with Crippen LogP contribution in [0.25, 0.3) is 0 Å². The molecule has 0 spiro atoms. The third-order valence-corrected chi connectivity index (χ3v) is 4.58. The second-order valence-electron chi connectivity index (χ2n) is 5.93. The van der Waals surface area contributed by atoms with E-state index in [1.807, 2.05) is 30.3 Å². The van der Waals surface area contributed by atoms with Gasteiger partial charge in [0.1, 0.15) is 17.3 Å². The smallest absolute Gasteiger partial charge is 0.271 e. The van der Waals surface area contributed by atoms with E-state index in [-0.39, 0.29) is 5.91 Å². The summed E-state index contributed by atoms with van der Waals surface area (Å²) in [6.45, 7) is 0. The van der Waals surface area contributed by atoms with Gasteiger partial charge in [-0.2, -0.15) is 5.10 Å². The van der Waals surface area contributed by atoms with Crippen LogP contribution in [0.15, 0.2) is 105 Å². The van der Waals surface area contributed by atoms with Crippen molar-refractivity contribution in [3.8, 4) is 11.5 Å². The van der Waals surface area contributed by atoms with Gasteiger partial charge in [-0.1, -0.05) is 24.3 Å².